The summed E-state index contributed by atoms with van der Waals surface area (Å²) in [5.41, 5.74) is -1.43. The molecule has 0 spiro atoms. The first-order chi connectivity index (χ1) is 8.31. The molecule has 0 bridgehead atoms. The molecule has 2 N–H and O–H groups in total. The zero-order chi connectivity index (χ0) is 13.9. The lowest BCUT2D eigenvalue weighted by Gasteiger charge is -2.21. The molecular formula is C11H13F3O3S. The average Bonchev–Trinajstić information content (AvgIpc) is 2.35. The lowest BCUT2D eigenvalue weighted by Crippen LogP contribution is -2.23. The topological polar surface area (TPSA) is 49.7 Å². The van der Waals surface area contributed by atoms with Crippen molar-refractivity contribution in [3.8, 4) is 5.75 Å². The Balaban J connectivity index is 3.26. The number of methoxy groups -OCH3 is 1. The van der Waals surface area contributed by atoms with Crippen LogP contribution in [0.2, 0.25) is 0 Å². The van der Waals surface area contributed by atoms with Crippen LogP contribution in [0.4, 0.5) is 13.2 Å². The van der Waals surface area contributed by atoms with Crippen molar-refractivity contribution < 1.29 is 28.1 Å². The number of hydrogen-bond acceptors (Lipinski definition) is 4. The molecule has 0 aliphatic heterocycles. The van der Waals surface area contributed by atoms with Gasteiger partial charge in [-0.3, -0.25) is 0 Å². The average molecular weight is 282 g/mol. The fourth-order valence-electron chi connectivity index (χ4n) is 1.47. The van der Waals surface area contributed by atoms with E-state index in [4.69, 9.17) is 4.74 Å². The molecule has 0 aromatic heterocycles. The van der Waals surface area contributed by atoms with E-state index < -0.39 is 29.5 Å². The van der Waals surface area contributed by atoms with Gasteiger partial charge in [-0.15, -0.1) is 0 Å². The van der Waals surface area contributed by atoms with E-state index in [0.29, 0.717) is 0 Å². The summed E-state index contributed by atoms with van der Waals surface area (Å²) in [4.78, 5) is 0. The second-order valence-electron chi connectivity index (χ2n) is 3.65. The fourth-order valence-corrected chi connectivity index (χ4v) is 1.67. The summed E-state index contributed by atoms with van der Waals surface area (Å²) in [6.45, 7) is 0. The van der Waals surface area contributed by atoms with E-state index in [9.17, 15) is 23.4 Å². The monoisotopic (exact) mass is 282 g/mol. The predicted octanol–water partition coefficient (Wildman–Crippen LogP) is 2.04. The Morgan fingerprint density at radius 1 is 1.33 bits per heavy atom. The van der Waals surface area contributed by atoms with Crippen LogP contribution in [0.3, 0.4) is 0 Å². The van der Waals surface area contributed by atoms with Gasteiger partial charge in [0.25, 0.3) is 0 Å². The zero-order valence-electron chi connectivity index (χ0n) is 9.48. The molecule has 0 heterocycles. The van der Waals surface area contributed by atoms with E-state index in [1.165, 1.54) is 13.2 Å². The number of benzene rings is 1. The fraction of sp³-hybridized carbons (Fsp3) is 0.455. The minimum Gasteiger partial charge on any atom is -0.497 e. The third kappa shape index (κ3) is 3.30. The van der Waals surface area contributed by atoms with Crippen molar-refractivity contribution in [2.24, 2.45) is 0 Å². The van der Waals surface area contributed by atoms with Gasteiger partial charge in [0, 0.05) is 5.75 Å². The van der Waals surface area contributed by atoms with Gasteiger partial charge < -0.3 is 14.9 Å². The standard InChI is InChI=1S/C11H13F3O3S/c1-17-6-2-3-7(10(16)9(15)5-18)8(4-6)11(12,13)14/h2-4,9-10,15-16,18H,5H2,1H3. The normalized spacial score (nSPS) is 15.3. The third-order valence-electron chi connectivity index (χ3n) is 2.44. The molecule has 1 aromatic carbocycles. The van der Waals surface area contributed by atoms with Gasteiger partial charge in [0.2, 0.25) is 0 Å². The summed E-state index contributed by atoms with van der Waals surface area (Å²) in [6, 6.07) is 3.15. The Morgan fingerprint density at radius 3 is 2.39 bits per heavy atom. The van der Waals surface area contributed by atoms with Gasteiger partial charge in [-0.2, -0.15) is 25.8 Å². The maximum atomic E-state index is 12.8. The summed E-state index contributed by atoms with van der Waals surface area (Å²) < 4.78 is 43.2. The maximum absolute atomic E-state index is 12.8. The summed E-state index contributed by atoms with van der Waals surface area (Å²) in [7, 11) is 1.24. The second-order valence-corrected chi connectivity index (χ2v) is 4.01. The highest BCUT2D eigenvalue weighted by Gasteiger charge is 2.36. The van der Waals surface area contributed by atoms with Crippen molar-refractivity contribution in [1.82, 2.24) is 0 Å². The number of aliphatic hydroxyl groups excluding tert-OH is 2. The molecule has 102 valence electrons. The van der Waals surface area contributed by atoms with Gasteiger partial charge in [0.15, 0.2) is 0 Å². The van der Waals surface area contributed by atoms with Crippen LogP contribution in [-0.2, 0) is 6.18 Å². The van der Waals surface area contributed by atoms with Crippen LogP contribution in [-0.4, -0.2) is 29.2 Å². The van der Waals surface area contributed by atoms with E-state index >= 15 is 0 Å². The lowest BCUT2D eigenvalue weighted by molar-refractivity contribution is -0.139. The molecule has 0 aliphatic rings. The summed E-state index contributed by atoms with van der Waals surface area (Å²) in [6.07, 6.45) is -7.66. The van der Waals surface area contributed by atoms with Crippen LogP contribution in [0, 0.1) is 0 Å². The van der Waals surface area contributed by atoms with Gasteiger partial charge in [0.1, 0.15) is 11.9 Å². The van der Waals surface area contributed by atoms with E-state index in [2.05, 4.69) is 12.6 Å². The molecule has 0 saturated carbocycles. The molecular weight excluding hydrogens is 269 g/mol. The van der Waals surface area contributed by atoms with Gasteiger partial charge in [-0.25, -0.2) is 0 Å². The molecule has 0 aliphatic carbocycles. The first-order valence-electron chi connectivity index (χ1n) is 5.03. The Bertz CT molecular complexity index is 409. The van der Waals surface area contributed by atoms with Gasteiger partial charge >= 0.3 is 6.18 Å². The number of halogens is 3. The van der Waals surface area contributed by atoms with E-state index in [1.54, 1.807) is 0 Å². The minimum absolute atomic E-state index is 0.0265. The van der Waals surface area contributed by atoms with Gasteiger partial charge in [-0.1, -0.05) is 6.07 Å². The molecule has 0 radical (unpaired) electrons. The quantitative estimate of drug-likeness (QED) is 0.741. The highest BCUT2D eigenvalue weighted by atomic mass is 32.1. The molecule has 2 atom stereocenters. The number of aliphatic hydroxyl groups is 2. The van der Waals surface area contributed by atoms with Crippen molar-refractivity contribution >= 4 is 12.6 Å². The van der Waals surface area contributed by atoms with Crippen LogP contribution in [0.1, 0.15) is 17.2 Å². The second kappa shape index (κ2) is 5.81. The van der Waals surface area contributed by atoms with Crippen LogP contribution >= 0.6 is 12.6 Å². The first kappa shape index (κ1) is 15.1. The van der Waals surface area contributed by atoms with Crippen molar-refractivity contribution in [2.45, 2.75) is 18.4 Å². The largest absolute Gasteiger partial charge is 0.497 e. The predicted molar refractivity (Wildman–Crippen MR) is 62.8 cm³/mol. The molecule has 7 heteroatoms. The highest BCUT2D eigenvalue weighted by Crippen LogP contribution is 2.37. The van der Waals surface area contributed by atoms with Crippen molar-refractivity contribution in [2.75, 3.05) is 12.9 Å². The number of rotatable bonds is 4. The van der Waals surface area contributed by atoms with Gasteiger partial charge in [0.05, 0.1) is 18.8 Å². The summed E-state index contributed by atoms with van der Waals surface area (Å²) >= 11 is 3.73. The number of thiol groups is 1. The molecule has 1 aromatic rings. The van der Waals surface area contributed by atoms with Crippen molar-refractivity contribution in [1.29, 1.82) is 0 Å². The van der Waals surface area contributed by atoms with Crippen LogP contribution in [0.5, 0.6) is 5.75 Å². The molecule has 3 nitrogen and oxygen atoms in total. The number of hydrogen-bond donors (Lipinski definition) is 3. The Kier molecular flexibility index (Phi) is 4.89. The molecule has 1 rings (SSSR count). The maximum Gasteiger partial charge on any atom is 0.416 e. The summed E-state index contributed by atoms with van der Waals surface area (Å²) in [5, 5.41) is 19.0. The molecule has 0 fully saturated rings. The lowest BCUT2D eigenvalue weighted by atomic mass is 9.98. The summed E-state index contributed by atoms with van der Waals surface area (Å²) in [5.74, 6) is -0.122. The number of alkyl halides is 3. The Hall–Kier alpha value is -0.920. The first-order valence-corrected chi connectivity index (χ1v) is 5.66. The number of ether oxygens (including phenoxy) is 1. The van der Waals surface area contributed by atoms with Crippen LogP contribution in [0.15, 0.2) is 18.2 Å². The van der Waals surface area contributed by atoms with Crippen molar-refractivity contribution in [3.63, 3.8) is 0 Å². The molecule has 0 saturated heterocycles. The minimum atomic E-state index is -4.64. The highest BCUT2D eigenvalue weighted by molar-refractivity contribution is 7.80. The third-order valence-corrected chi connectivity index (χ3v) is 2.81. The molecule has 2 unspecified atom stereocenters. The van der Waals surface area contributed by atoms with E-state index in [-0.39, 0.29) is 11.5 Å². The van der Waals surface area contributed by atoms with Crippen LogP contribution < -0.4 is 4.74 Å². The Labute approximate surface area is 108 Å². The molecule has 18 heavy (non-hydrogen) atoms. The van der Waals surface area contributed by atoms with Gasteiger partial charge in [-0.05, 0) is 17.7 Å². The smallest absolute Gasteiger partial charge is 0.416 e. The molecule has 0 amide bonds. The SMILES string of the molecule is COc1ccc(C(O)C(O)CS)c(C(F)(F)F)c1. The Morgan fingerprint density at radius 2 is 1.94 bits per heavy atom. The van der Waals surface area contributed by atoms with E-state index in [1.807, 2.05) is 0 Å². The zero-order valence-corrected chi connectivity index (χ0v) is 10.4. The van der Waals surface area contributed by atoms with Crippen molar-refractivity contribution in [3.05, 3.63) is 29.3 Å². The van der Waals surface area contributed by atoms with E-state index in [0.717, 1.165) is 12.1 Å². The van der Waals surface area contributed by atoms with Crippen LogP contribution in [0.25, 0.3) is 0 Å².